The Morgan fingerprint density at radius 3 is 2.28 bits per heavy atom. The average molecular weight is 530 g/mol. The summed E-state index contributed by atoms with van der Waals surface area (Å²) in [7, 11) is -3.36. The molecule has 0 spiro atoms. The third-order valence-electron chi connectivity index (χ3n) is 6.64. The Labute approximate surface area is 206 Å². The minimum Gasteiger partial charge on any atom is -0.477 e. The van der Waals surface area contributed by atoms with Gasteiger partial charge in [-0.2, -0.15) is 13.2 Å². The van der Waals surface area contributed by atoms with Crippen LogP contribution >= 0.6 is 0 Å². The van der Waals surface area contributed by atoms with Crippen LogP contribution < -0.4 is 15.0 Å². The maximum atomic E-state index is 13.4. The van der Waals surface area contributed by atoms with Crippen molar-refractivity contribution in [1.29, 1.82) is 0 Å². The lowest BCUT2D eigenvalue weighted by Crippen LogP contribution is -2.55. The minimum absolute atomic E-state index is 0.0728. The third kappa shape index (κ3) is 5.42. The van der Waals surface area contributed by atoms with Crippen molar-refractivity contribution in [2.45, 2.75) is 74.3 Å². The number of nitrogens with one attached hydrogen (secondary N) is 1. The van der Waals surface area contributed by atoms with Gasteiger partial charge in [0, 0.05) is 30.6 Å². The van der Waals surface area contributed by atoms with Gasteiger partial charge in [0.05, 0.1) is 4.90 Å². The summed E-state index contributed by atoms with van der Waals surface area (Å²) in [4.78, 5) is 19.6. The number of anilines is 1. The number of benzene rings is 1. The molecule has 1 aromatic heterocycles. The highest BCUT2D eigenvalue weighted by molar-refractivity contribution is 7.90. The lowest BCUT2D eigenvalue weighted by Gasteiger charge is -2.41. The highest BCUT2D eigenvalue weighted by Crippen LogP contribution is 2.40. The molecule has 3 heterocycles. The SMILES string of the molecule is CC(C)(Oc1ccc(F)cc1C(F)(F)F)C(=O)NC1CC2CCC(C1)N2c1ccc(S(C)(=O)=O)cn1. The Balaban J connectivity index is 1.43. The molecule has 1 aromatic carbocycles. The summed E-state index contributed by atoms with van der Waals surface area (Å²) >= 11 is 0. The molecule has 2 aliphatic heterocycles. The van der Waals surface area contributed by atoms with E-state index in [0.717, 1.165) is 31.2 Å². The number of nitrogens with zero attached hydrogens (tertiary/aromatic N) is 2. The Morgan fingerprint density at radius 2 is 1.75 bits per heavy atom. The fraction of sp³-hybridized carbons (Fsp3) is 0.500. The Kier molecular flexibility index (Phi) is 6.69. The first-order chi connectivity index (χ1) is 16.6. The van der Waals surface area contributed by atoms with Crippen molar-refractivity contribution in [3.05, 3.63) is 47.9 Å². The zero-order valence-corrected chi connectivity index (χ0v) is 20.8. The van der Waals surface area contributed by atoms with Gasteiger partial charge < -0.3 is 15.0 Å². The van der Waals surface area contributed by atoms with Crippen molar-refractivity contribution in [3.8, 4) is 5.75 Å². The van der Waals surface area contributed by atoms with Gasteiger partial charge in [0.25, 0.3) is 5.91 Å². The number of ether oxygens (including phenoxy) is 1. The van der Waals surface area contributed by atoms with E-state index in [0.29, 0.717) is 24.7 Å². The molecule has 2 atom stereocenters. The molecule has 0 aliphatic carbocycles. The number of rotatable bonds is 6. The lowest BCUT2D eigenvalue weighted by atomic mass is 9.96. The monoisotopic (exact) mass is 529 g/mol. The van der Waals surface area contributed by atoms with E-state index in [4.69, 9.17) is 4.74 Å². The van der Waals surface area contributed by atoms with Gasteiger partial charge in [-0.25, -0.2) is 17.8 Å². The normalized spacial score (nSPS) is 22.4. The molecule has 2 bridgehead atoms. The fourth-order valence-corrected chi connectivity index (χ4v) is 5.47. The van der Waals surface area contributed by atoms with Crippen LogP contribution in [0.4, 0.5) is 23.4 Å². The summed E-state index contributed by atoms with van der Waals surface area (Å²) in [5.74, 6) is -1.59. The predicted molar refractivity (Wildman–Crippen MR) is 124 cm³/mol. The first kappa shape index (κ1) is 26.2. The summed E-state index contributed by atoms with van der Waals surface area (Å²) in [6.45, 7) is 2.73. The van der Waals surface area contributed by atoms with Crippen molar-refractivity contribution in [1.82, 2.24) is 10.3 Å². The summed E-state index contributed by atoms with van der Waals surface area (Å²) in [6.07, 6.45) is 0.545. The molecule has 1 amide bonds. The van der Waals surface area contributed by atoms with Crippen LogP contribution in [0.2, 0.25) is 0 Å². The predicted octanol–water partition coefficient (Wildman–Crippen LogP) is 4.12. The second-order valence-electron chi connectivity index (χ2n) is 9.81. The van der Waals surface area contributed by atoms with Crippen LogP contribution in [0.5, 0.6) is 5.75 Å². The van der Waals surface area contributed by atoms with Gasteiger partial charge in [-0.3, -0.25) is 4.79 Å². The van der Waals surface area contributed by atoms with Gasteiger partial charge in [0.2, 0.25) is 0 Å². The quantitative estimate of drug-likeness (QED) is 0.567. The summed E-state index contributed by atoms with van der Waals surface area (Å²) in [6, 6.07) is 5.18. The molecule has 36 heavy (non-hydrogen) atoms. The van der Waals surface area contributed by atoms with Crippen molar-refractivity contribution in [2.24, 2.45) is 0 Å². The van der Waals surface area contributed by atoms with Crippen LogP contribution in [0, 0.1) is 5.82 Å². The van der Waals surface area contributed by atoms with E-state index in [-0.39, 0.29) is 23.0 Å². The molecule has 1 N–H and O–H groups in total. The number of piperidine rings is 1. The fourth-order valence-electron chi connectivity index (χ4n) is 4.91. The zero-order valence-electron chi connectivity index (χ0n) is 20.0. The smallest absolute Gasteiger partial charge is 0.420 e. The second-order valence-corrected chi connectivity index (χ2v) is 11.8. The highest BCUT2D eigenvalue weighted by Gasteiger charge is 2.44. The second kappa shape index (κ2) is 9.20. The molecular formula is C24H27F4N3O4S. The maximum Gasteiger partial charge on any atom is 0.420 e. The van der Waals surface area contributed by atoms with E-state index in [1.54, 1.807) is 6.07 Å². The summed E-state index contributed by atoms with van der Waals surface area (Å²) in [5.41, 5.74) is -2.93. The van der Waals surface area contributed by atoms with Crippen LogP contribution in [-0.4, -0.2) is 49.3 Å². The van der Waals surface area contributed by atoms with Gasteiger partial charge >= 0.3 is 6.18 Å². The molecule has 2 saturated heterocycles. The average Bonchev–Trinajstić information content (AvgIpc) is 3.04. The molecule has 2 aliphatic rings. The standard InChI is InChI=1S/C24H27F4N3O4S/c1-23(2,35-20-8-4-14(25)10-19(20)24(26,27)28)22(32)30-15-11-16-5-6-17(12-15)31(16)21-9-7-18(13-29-21)36(3,33)34/h4,7-10,13,15-17H,5-6,11-12H2,1-3H3,(H,30,32). The lowest BCUT2D eigenvalue weighted by molar-refractivity contribution is -0.144. The number of hydrogen-bond donors (Lipinski definition) is 1. The van der Waals surface area contributed by atoms with Crippen LogP contribution in [0.15, 0.2) is 41.4 Å². The van der Waals surface area contributed by atoms with Crippen LogP contribution in [0.25, 0.3) is 0 Å². The Morgan fingerprint density at radius 1 is 1.11 bits per heavy atom. The Hall–Kier alpha value is -2.89. The van der Waals surface area contributed by atoms with Gasteiger partial charge in [0.1, 0.15) is 22.9 Å². The maximum absolute atomic E-state index is 13.4. The molecule has 196 valence electrons. The number of hydrogen-bond acceptors (Lipinski definition) is 6. The topological polar surface area (TPSA) is 88.6 Å². The highest BCUT2D eigenvalue weighted by atomic mass is 32.2. The van der Waals surface area contributed by atoms with Gasteiger partial charge in [0.15, 0.2) is 15.4 Å². The number of aromatic nitrogens is 1. The first-order valence-corrected chi connectivity index (χ1v) is 13.4. The molecule has 12 heteroatoms. The molecule has 2 unspecified atom stereocenters. The van der Waals surface area contributed by atoms with Crippen LogP contribution in [0.3, 0.4) is 0 Å². The van der Waals surface area contributed by atoms with Crippen LogP contribution in [-0.2, 0) is 20.8 Å². The van der Waals surface area contributed by atoms with E-state index in [1.165, 1.54) is 26.1 Å². The molecular weight excluding hydrogens is 502 g/mol. The largest absolute Gasteiger partial charge is 0.477 e. The Bertz CT molecular complexity index is 1230. The van der Waals surface area contributed by atoms with E-state index in [9.17, 15) is 30.8 Å². The molecule has 2 aromatic rings. The summed E-state index contributed by atoms with van der Waals surface area (Å²) in [5, 5.41) is 2.91. The zero-order chi connectivity index (χ0) is 26.5. The number of amides is 1. The minimum atomic E-state index is -4.84. The number of carbonyl (C=O) groups excluding carboxylic acids is 1. The number of sulfone groups is 1. The number of alkyl halides is 3. The van der Waals surface area contributed by atoms with Crippen molar-refractivity contribution in [2.75, 3.05) is 11.2 Å². The molecule has 2 fully saturated rings. The number of pyridine rings is 1. The number of carbonyl (C=O) groups is 1. The van der Waals surface area contributed by atoms with Gasteiger partial charge in [-0.05, 0) is 69.9 Å². The van der Waals surface area contributed by atoms with E-state index in [1.807, 2.05) is 0 Å². The van der Waals surface area contributed by atoms with E-state index < -0.39 is 44.7 Å². The van der Waals surface area contributed by atoms with E-state index >= 15 is 0 Å². The van der Waals surface area contributed by atoms with E-state index in [2.05, 4.69) is 15.2 Å². The molecule has 7 nitrogen and oxygen atoms in total. The molecule has 4 rings (SSSR count). The van der Waals surface area contributed by atoms with Crippen molar-refractivity contribution in [3.63, 3.8) is 0 Å². The molecule has 0 saturated carbocycles. The van der Waals surface area contributed by atoms with Crippen molar-refractivity contribution >= 4 is 21.6 Å². The van der Waals surface area contributed by atoms with Crippen LogP contribution in [0.1, 0.15) is 45.1 Å². The molecule has 0 radical (unpaired) electrons. The van der Waals surface area contributed by atoms with Crippen molar-refractivity contribution < 1.29 is 35.5 Å². The van der Waals surface area contributed by atoms with Gasteiger partial charge in [-0.15, -0.1) is 0 Å². The number of fused-ring (bicyclic) bond motifs is 2. The third-order valence-corrected chi connectivity index (χ3v) is 7.74. The first-order valence-electron chi connectivity index (χ1n) is 11.5. The van der Waals surface area contributed by atoms with Gasteiger partial charge in [-0.1, -0.05) is 0 Å². The summed E-state index contributed by atoms with van der Waals surface area (Å²) < 4.78 is 82.3. The number of halogens is 4.